The van der Waals surface area contributed by atoms with E-state index in [4.69, 9.17) is 0 Å². The van der Waals surface area contributed by atoms with Crippen molar-refractivity contribution < 1.29 is 14.0 Å². The third-order valence-corrected chi connectivity index (χ3v) is 4.95. The molecule has 4 nitrogen and oxygen atoms in total. The molecule has 0 saturated heterocycles. The van der Waals surface area contributed by atoms with Crippen LogP contribution in [-0.4, -0.2) is 30.7 Å². The Bertz CT molecular complexity index is 728. The second kappa shape index (κ2) is 10.2. The molecular formula is C18H18BrFN2O2S. The van der Waals surface area contributed by atoms with Crippen LogP contribution in [0.15, 0.2) is 57.9 Å². The first-order valence-electron chi connectivity index (χ1n) is 7.74. The fraction of sp³-hybridized carbons (Fsp3) is 0.222. The summed E-state index contributed by atoms with van der Waals surface area (Å²) in [7, 11) is 0. The standard InChI is InChI=1S/C18H18BrFN2O2S/c19-16-7-6-13(20)12-15(16)18(24)22-9-8-17(23)21-10-11-25-14-4-2-1-3-5-14/h1-7,12H,8-11H2,(H,21,23)(H,22,24). The van der Waals surface area contributed by atoms with Gasteiger partial charge in [-0.05, 0) is 46.3 Å². The molecule has 0 bridgehead atoms. The van der Waals surface area contributed by atoms with Crippen molar-refractivity contribution in [3.8, 4) is 0 Å². The van der Waals surface area contributed by atoms with Gasteiger partial charge in [-0.25, -0.2) is 4.39 Å². The number of rotatable bonds is 8. The van der Waals surface area contributed by atoms with Crippen molar-refractivity contribution in [2.75, 3.05) is 18.8 Å². The van der Waals surface area contributed by atoms with Gasteiger partial charge in [0.1, 0.15) is 5.82 Å². The Hall–Kier alpha value is -1.86. The summed E-state index contributed by atoms with van der Waals surface area (Å²) in [6.45, 7) is 0.751. The topological polar surface area (TPSA) is 58.2 Å². The highest BCUT2D eigenvalue weighted by molar-refractivity contribution is 9.10. The number of benzene rings is 2. The van der Waals surface area contributed by atoms with Crippen molar-refractivity contribution in [3.63, 3.8) is 0 Å². The van der Waals surface area contributed by atoms with Crippen LogP contribution in [0, 0.1) is 5.82 Å². The molecule has 0 atom stereocenters. The summed E-state index contributed by atoms with van der Waals surface area (Å²) < 4.78 is 13.7. The molecule has 2 N–H and O–H groups in total. The lowest BCUT2D eigenvalue weighted by atomic mass is 10.2. The van der Waals surface area contributed by atoms with E-state index in [-0.39, 0.29) is 24.4 Å². The highest BCUT2D eigenvalue weighted by atomic mass is 79.9. The molecule has 0 fully saturated rings. The highest BCUT2D eigenvalue weighted by Crippen LogP contribution is 2.17. The Kier molecular flexibility index (Phi) is 7.94. The molecule has 0 aliphatic carbocycles. The number of hydrogen-bond donors (Lipinski definition) is 2. The quantitative estimate of drug-likeness (QED) is 0.502. The maximum Gasteiger partial charge on any atom is 0.252 e. The second-order valence-corrected chi connectivity index (χ2v) is 7.16. The van der Waals surface area contributed by atoms with E-state index in [9.17, 15) is 14.0 Å². The van der Waals surface area contributed by atoms with Crippen LogP contribution < -0.4 is 10.6 Å². The van der Waals surface area contributed by atoms with Gasteiger partial charge in [-0.3, -0.25) is 9.59 Å². The van der Waals surface area contributed by atoms with E-state index in [1.807, 2.05) is 30.3 Å². The van der Waals surface area contributed by atoms with Crippen molar-refractivity contribution in [1.82, 2.24) is 10.6 Å². The van der Waals surface area contributed by atoms with E-state index in [0.717, 1.165) is 16.7 Å². The highest BCUT2D eigenvalue weighted by Gasteiger charge is 2.11. The van der Waals surface area contributed by atoms with Crippen LogP contribution in [0.5, 0.6) is 0 Å². The maximum atomic E-state index is 13.2. The van der Waals surface area contributed by atoms with Crippen LogP contribution in [0.4, 0.5) is 4.39 Å². The number of amides is 2. The molecule has 0 radical (unpaired) electrons. The molecule has 132 valence electrons. The fourth-order valence-corrected chi connectivity index (χ4v) is 3.24. The second-order valence-electron chi connectivity index (χ2n) is 5.14. The van der Waals surface area contributed by atoms with E-state index in [1.54, 1.807) is 11.8 Å². The van der Waals surface area contributed by atoms with Gasteiger partial charge in [0.2, 0.25) is 5.91 Å². The van der Waals surface area contributed by atoms with Crippen molar-refractivity contribution in [1.29, 1.82) is 0 Å². The number of nitrogens with one attached hydrogen (secondary N) is 2. The minimum Gasteiger partial charge on any atom is -0.355 e. The van der Waals surface area contributed by atoms with Gasteiger partial charge in [0, 0.05) is 34.6 Å². The normalized spacial score (nSPS) is 10.3. The molecule has 2 aromatic rings. The van der Waals surface area contributed by atoms with Crippen molar-refractivity contribution in [2.45, 2.75) is 11.3 Å². The smallest absolute Gasteiger partial charge is 0.252 e. The molecule has 2 aromatic carbocycles. The summed E-state index contributed by atoms with van der Waals surface area (Å²) >= 11 is 4.87. The molecule has 0 aliphatic heterocycles. The number of halogens is 2. The summed E-state index contributed by atoms with van der Waals surface area (Å²) in [6, 6.07) is 13.8. The molecule has 2 amide bonds. The average molecular weight is 425 g/mol. The number of carbonyl (C=O) groups is 2. The Balaban J connectivity index is 1.63. The molecule has 0 unspecified atom stereocenters. The molecule has 0 saturated carbocycles. The summed E-state index contributed by atoms with van der Waals surface area (Å²) in [6.07, 6.45) is 0.175. The number of thioether (sulfide) groups is 1. The Morgan fingerprint density at radius 3 is 2.56 bits per heavy atom. The van der Waals surface area contributed by atoms with Crippen molar-refractivity contribution >= 4 is 39.5 Å². The Morgan fingerprint density at radius 2 is 1.80 bits per heavy atom. The van der Waals surface area contributed by atoms with Crippen molar-refractivity contribution in [3.05, 3.63) is 64.4 Å². The van der Waals surface area contributed by atoms with Crippen LogP contribution in [0.1, 0.15) is 16.8 Å². The van der Waals surface area contributed by atoms with Crippen LogP contribution in [0.25, 0.3) is 0 Å². The maximum absolute atomic E-state index is 13.2. The Labute approximate surface area is 158 Å². The van der Waals surface area contributed by atoms with E-state index in [1.165, 1.54) is 12.1 Å². The zero-order chi connectivity index (χ0) is 18.1. The molecule has 0 spiro atoms. The van der Waals surface area contributed by atoms with Crippen LogP contribution in [-0.2, 0) is 4.79 Å². The van der Waals surface area contributed by atoms with Gasteiger partial charge < -0.3 is 10.6 Å². The summed E-state index contributed by atoms with van der Waals surface area (Å²) in [5.74, 6) is -0.258. The monoisotopic (exact) mass is 424 g/mol. The lowest BCUT2D eigenvalue weighted by Crippen LogP contribution is -2.31. The van der Waals surface area contributed by atoms with Crippen LogP contribution in [0.2, 0.25) is 0 Å². The van der Waals surface area contributed by atoms with E-state index >= 15 is 0 Å². The molecule has 0 heterocycles. The fourth-order valence-electron chi connectivity index (χ4n) is 2.02. The lowest BCUT2D eigenvalue weighted by molar-refractivity contribution is -0.120. The molecule has 7 heteroatoms. The average Bonchev–Trinajstić information content (AvgIpc) is 2.61. The number of carbonyl (C=O) groups excluding carboxylic acids is 2. The summed E-state index contributed by atoms with van der Waals surface area (Å²) in [5.41, 5.74) is 0.208. The molecule has 0 aliphatic rings. The van der Waals surface area contributed by atoms with Gasteiger partial charge >= 0.3 is 0 Å². The summed E-state index contributed by atoms with van der Waals surface area (Å²) in [4.78, 5) is 24.9. The van der Waals surface area contributed by atoms with E-state index in [0.29, 0.717) is 11.0 Å². The third kappa shape index (κ3) is 6.88. The first-order valence-corrected chi connectivity index (χ1v) is 9.52. The van der Waals surface area contributed by atoms with E-state index < -0.39 is 11.7 Å². The zero-order valence-electron chi connectivity index (χ0n) is 13.4. The Morgan fingerprint density at radius 1 is 1.04 bits per heavy atom. The van der Waals surface area contributed by atoms with Crippen LogP contribution in [0.3, 0.4) is 0 Å². The number of hydrogen-bond acceptors (Lipinski definition) is 3. The minimum absolute atomic E-state index is 0.132. The first kappa shape index (κ1) is 19.5. The van der Waals surface area contributed by atoms with Gasteiger partial charge in [-0.1, -0.05) is 18.2 Å². The third-order valence-electron chi connectivity index (χ3n) is 3.25. The van der Waals surface area contributed by atoms with Gasteiger partial charge in [0.05, 0.1) is 5.56 Å². The minimum atomic E-state index is -0.484. The predicted molar refractivity (Wildman–Crippen MR) is 101 cm³/mol. The molecule has 2 rings (SSSR count). The lowest BCUT2D eigenvalue weighted by Gasteiger charge is -2.08. The van der Waals surface area contributed by atoms with Gasteiger partial charge in [-0.2, -0.15) is 0 Å². The van der Waals surface area contributed by atoms with Crippen molar-refractivity contribution in [2.24, 2.45) is 0 Å². The van der Waals surface area contributed by atoms with Gasteiger partial charge in [-0.15, -0.1) is 11.8 Å². The van der Waals surface area contributed by atoms with E-state index in [2.05, 4.69) is 26.6 Å². The SMILES string of the molecule is O=C(CCNC(=O)c1cc(F)ccc1Br)NCCSc1ccccc1. The molecular weight excluding hydrogens is 407 g/mol. The largest absolute Gasteiger partial charge is 0.355 e. The predicted octanol–water partition coefficient (Wildman–Crippen LogP) is 3.62. The van der Waals surface area contributed by atoms with Gasteiger partial charge in [0.15, 0.2) is 0 Å². The summed E-state index contributed by atoms with van der Waals surface area (Å²) in [5, 5.41) is 5.42. The molecule has 0 aromatic heterocycles. The first-order chi connectivity index (χ1) is 12.1. The zero-order valence-corrected chi connectivity index (χ0v) is 15.8. The van der Waals surface area contributed by atoms with Gasteiger partial charge in [0.25, 0.3) is 5.91 Å². The molecule has 25 heavy (non-hydrogen) atoms. The van der Waals surface area contributed by atoms with Crippen LogP contribution >= 0.6 is 27.7 Å².